The Labute approximate surface area is 237 Å². The summed E-state index contributed by atoms with van der Waals surface area (Å²) in [4.78, 5) is 32.4. The van der Waals surface area contributed by atoms with E-state index in [0.29, 0.717) is 35.0 Å². The maximum Gasteiger partial charge on any atom is 0.416 e. The molecule has 2 heterocycles. The van der Waals surface area contributed by atoms with Crippen LogP contribution in [-0.4, -0.2) is 40.3 Å². The molecule has 0 spiro atoms. The van der Waals surface area contributed by atoms with Gasteiger partial charge >= 0.3 is 12.4 Å². The van der Waals surface area contributed by atoms with Gasteiger partial charge in [0.25, 0.3) is 11.8 Å². The molecule has 2 atom stereocenters. The summed E-state index contributed by atoms with van der Waals surface area (Å²) in [5.41, 5.74) is -1.90. The zero-order valence-corrected chi connectivity index (χ0v) is 22.0. The van der Waals surface area contributed by atoms with Crippen molar-refractivity contribution in [1.82, 2.24) is 15.2 Å². The molecule has 1 N–H and O–H groups in total. The monoisotopic (exact) mass is 585 g/mol. The number of pyridine rings is 1. The molecule has 2 amide bonds. The van der Waals surface area contributed by atoms with Crippen LogP contribution in [0.2, 0.25) is 0 Å². The van der Waals surface area contributed by atoms with Gasteiger partial charge in [0.15, 0.2) is 0 Å². The van der Waals surface area contributed by atoms with Crippen molar-refractivity contribution >= 4 is 22.7 Å². The molecule has 5 nitrogen and oxygen atoms in total. The number of alkyl halides is 6. The number of fused-ring (bicyclic) bond motifs is 1. The van der Waals surface area contributed by atoms with Crippen LogP contribution in [-0.2, 0) is 18.8 Å². The lowest BCUT2D eigenvalue weighted by Crippen LogP contribution is -2.52. The number of aromatic nitrogens is 1. The number of nitrogens with one attached hydrogen (secondary N) is 1. The highest BCUT2D eigenvalue weighted by molar-refractivity contribution is 6.06. The molecule has 0 radical (unpaired) electrons. The van der Waals surface area contributed by atoms with Gasteiger partial charge in [-0.3, -0.25) is 14.6 Å². The first-order valence-corrected chi connectivity index (χ1v) is 13.2. The number of para-hydroxylation sites is 1. The number of nitrogens with zero attached hydrogens (tertiary/aromatic N) is 2. The number of carbonyl (C=O) groups is 2. The second kappa shape index (κ2) is 11.5. The molecule has 1 saturated heterocycles. The van der Waals surface area contributed by atoms with Crippen molar-refractivity contribution in [3.8, 4) is 0 Å². The summed E-state index contributed by atoms with van der Waals surface area (Å²) in [6, 6.07) is 17.7. The molecule has 218 valence electrons. The molecule has 1 unspecified atom stereocenters. The number of benzene rings is 3. The molecule has 1 aliphatic heterocycles. The van der Waals surface area contributed by atoms with Gasteiger partial charge in [-0.05, 0) is 55.2 Å². The Kier molecular flexibility index (Phi) is 7.94. The summed E-state index contributed by atoms with van der Waals surface area (Å²) < 4.78 is 80.9. The summed E-state index contributed by atoms with van der Waals surface area (Å²) >= 11 is 0. The molecule has 3 aromatic carbocycles. The fourth-order valence-corrected chi connectivity index (χ4v) is 5.33. The summed E-state index contributed by atoms with van der Waals surface area (Å²) in [5, 5.41) is 3.66. The van der Waals surface area contributed by atoms with Crippen LogP contribution in [0.15, 0.2) is 85.1 Å². The van der Waals surface area contributed by atoms with Crippen molar-refractivity contribution < 1.29 is 35.9 Å². The first-order valence-electron chi connectivity index (χ1n) is 13.2. The predicted octanol–water partition coefficient (Wildman–Crippen LogP) is 6.92. The number of hydrogen-bond donors (Lipinski definition) is 1. The zero-order chi connectivity index (χ0) is 30.1. The van der Waals surface area contributed by atoms with Gasteiger partial charge in [-0.2, -0.15) is 26.3 Å². The standard InChI is InChI=1S/C31H25F6N3O2/c32-30(33,34)21-15-20(16-22(17-21)31(35,36)37)29(42)40-13-11-23(18-24(40)14-19-6-2-1-3-7-19)39-28(41)26-10-12-38-27-9-5-4-8-25(26)27/h1-10,12,15-17,23-24H,11,13-14,18H2,(H,39,41)/t23-,24?/m0/s1. The second-order valence-corrected chi connectivity index (χ2v) is 10.2. The minimum absolute atomic E-state index is 0.00278. The lowest BCUT2D eigenvalue weighted by molar-refractivity contribution is -0.143. The highest BCUT2D eigenvalue weighted by atomic mass is 19.4. The molecule has 42 heavy (non-hydrogen) atoms. The molecule has 5 rings (SSSR count). The number of piperidine rings is 1. The maximum absolute atomic E-state index is 13.6. The van der Waals surface area contributed by atoms with Crippen LogP contribution in [0.5, 0.6) is 0 Å². The quantitative estimate of drug-likeness (QED) is 0.259. The number of likely N-dealkylation sites (tertiary alicyclic amines) is 1. The lowest BCUT2D eigenvalue weighted by atomic mass is 9.91. The number of hydrogen-bond acceptors (Lipinski definition) is 3. The van der Waals surface area contributed by atoms with Crippen LogP contribution in [0.3, 0.4) is 0 Å². The van der Waals surface area contributed by atoms with Crippen molar-refractivity contribution in [1.29, 1.82) is 0 Å². The van der Waals surface area contributed by atoms with E-state index in [-0.39, 0.29) is 31.4 Å². The number of carbonyl (C=O) groups excluding carboxylic acids is 2. The van der Waals surface area contributed by atoms with Crippen molar-refractivity contribution in [2.75, 3.05) is 6.54 Å². The second-order valence-electron chi connectivity index (χ2n) is 10.2. The Hall–Kier alpha value is -4.41. The zero-order valence-electron chi connectivity index (χ0n) is 22.0. The van der Waals surface area contributed by atoms with Crippen LogP contribution in [0, 0.1) is 0 Å². The van der Waals surface area contributed by atoms with Crippen LogP contribution in [0.25, 0.3) is 10.9 Å². The first-order chi connectivity index (χ1) is 19.9. The van der Waals surface area contributed by atoms with E-state index in [0.717, 1.165) is 5.56 Å². The SMILES string of the molecule is O=C(N[C@H]1CCN(C(=O)c2cc(C(F)(F)F)cc(C(F)(F)F)c2)C(Cc2ccccc2)C1)c1ccnc2ccccc12. The van der Waals surface area contributed by atoms with Gasteiger partial charge in [0.2, 0.25) is 0 Å². The predicted molar refractivity (Wildman–Crippen MR) is 144 cm³/mol. The normalized spacial score (nSPS) is 17.7. The minimum Gasteiger partial charge on any atom is -0.349 e. The van der Waals surface area contributed by atoms with Crippen LogP contribution in [0.1, 0.15) is 50.2 Å². The van der Waals surface area contributed by atoms with E-state index in [1.54, 1.807) is 48.5 Å². The van der Waals surface area contributed by atoms with E-state index in [9.17, 15) is 35.9 Å². The fraction of sp³-hybridized carbons (Fsp3) is 0.258. The van der Waals surface area contributed by atoms with E-state index in [4.69, 9.17) is 0 Å². The van der Waals surface area contributed by atoms with E-state index in [1.165, 1.54) is 11.1 Å². The Bertz CT molecular complexity index is 1570. The molecule has 11 heteroatoms. The average molecular weight is 586 g/mol. The summed E-state index contributed by atoms with van der Waals surface area (Å²) in [7, 11) is 0. The Morgan fingerprint density at radius 1 is 0.857 bits per heavy atom. The average Bonchev–Trinajstić information content (AvgIpc) is 2.96. The van der Waals surface area contributed by atoms with Gasteiger partial charge in [0.1, 0.15) is 0 Å². The highest BCUT2D eigenvalue weighted by Gasteiger charge is 2.39. The Morgan fingerprint density at radius 2 is 1.50 bits per heavy atom. The number of halogens is 6. The minimum atomic E-state index is -5.08. The molecule has 1 aromatic heterocycles. The summed E-state index contributed by atoms with van der Waals surface area (Å²) in [6.07, 6.45) is -7.82. The third kappa shape index (κ3) is 6.40. The third-order valence-electron chi connectivity index (χ3n) is 7.35. The number of amides is 2. The molecule has 1 aliphatic rings. The molecule has 0 bridgehead atoms. The van der Waals surface area contributed by atoms with E-state index < -0.39 is 47.0 Å². The van der Waals surface area contributed by atoms with Crippen molar-refractivity contribution in [2.24, 2.45) is 0 Å². The van der Waals surface area contributed by atoms with Gasteiger partial charge < -0.3 is 10.2 Å². The maximum atomic E-state index is 13.6. The molecule has 0 saturated carbocycles. The molecule has 1 fully saturated rings. The van der Waals surface area contributed by atoms with Gasteiger partial charge in [-0.1, -0.05) is 48.5 Å². The summed E-state index contributed by atoms with van der Waals surface area (Å²) in [6.45, 7) is 0.0238. The van der Waals surface area contributed by atoms with Crippen LogP contribution < -0.4 is 5.32 Å². The van der Waals surface area contributed by atoms with Crippen molar-refractivity contribution in [3.63, 3.8) is 0 Å². The van der Waals surface area contributed by atoms with Crippen molar-refractivity contribution in [3.05, 3.63) is 113 Å². The Balaban J connectivity index is 1.43. The van der Waals surface area contributed by atoms with Gasteiger partial charge in [-0.15, -0.1) is 0 Å². The smallest absolute Gasteiger partial charge is 0.349 e. The van der Waals surface area contributed by atoms with E-state index in [2.05, 4.69) is 10.3 Å². The van der Waals surface area contributed by atoms with E-state index in [1.807, 2.05) is 12.1 Å². The third-order valence-corrected chi connectivity index (χ3v) is 7.35. The number of rotatable bonds is 5. The van der Waals surface area contributed by atoms with Crippen molar-refractivity contribution in [2.45, 2.75) is 43.7 Å². The molecular formula is C31H25F6N3O2. The molecule has 4 aromatic rings. The summed E-state index contributed by atoms with van der Waals surface area (Å²) in [5.74, 6) is -1.28. The highest BCUT2D eigenvalue weighted by Crippen LogP contribution is 2.37. The molecule has 0 aliphatic carbocycles. The molecular weight excluding hydrogens is 560 g/mol. The van der Waals surface area contributed by atoms with Crippen LogP contribution in [0.4, 0.5) is 26.3 Å². The largest absolute Gasteiger partial charge is 0.416 e. The van der Waals surface area contributed by atoms with Gasteiger partial charge in [-0.25, -0.2) is 0 Å². The van der Waals surface area contributed by atoms with Gasteiger partial charge in [0.05, 0.1) is 22.2 Å². The van der Waals surface area contributed by atoms with Crippen LogP contribution >= 0.6 is 0 Å². The van der Waals surface area contributed by atoms with E-state index >= 15 is 0 Å². The fourth-order valence-electron chi connectivity index (χ4n) is 5.33. The first kappa shape index (κ1) is 29.1. The van der Waals surface area contributed by atoms with Gasteiger partial charge in [0, 0.05) is 35.8 Å². The Morgan fingerprint density at radius 3 is 2.17 bits per heavy atom. The topological polar surface area (TPSA) is 62.3 Å². The lowest BCUT2D eigenvalue weighted by Gasteiger charge is -2.40.